The van der Waals surface area contributed by atoms with Crippen LogP contribution in [-0.4, -0.2) is 47.8 Å². The summed E-state index contributed by atoms with van der Waals surface area (Å²) in [5.41, 5.74) is 0.0352. The first-order chi connectivity index (χ1) is 9.27. The molecular formula is C16H30N2O. The van der Waals surface area contributed by atoms with E-state index < -0.39 is 0 Å². The molecule has 4 atom stereocenters. The van der Waals surface area contributed by atoms with E-state index in [2.05, 4.69) is 17.1 Å². The number of piperidine rings is 1. The largest absolute Gasteiger partial charge is 0.394 e. The van der Waals surface area contributed by atoms with Gasteiger partial charge in [-0.3, -0.25) is 0 Å². The molecule has 0 aromatic carbocycles. The molecule has 2 bridgehead atoms. The second kappa shape index (κ2) is 5.71. The molecule has 1 saturated heterocycles. The van der Waals surface area contributed by atoms with Gasteiger partial charge in [-0.1, -0.05) is 13.3 Å². The van der Waals surface area contributed by atoms with Crippen LogP contribution in [0.2, 0.25) is 0 Å². The van der Waals surface area contributed by atoms with Crippen LogP contribution in [-0.2, 0) is 0 Å². The minimum absolute atomic E-state index is 0.0352. The topological polar surface area (TPSA) is 35.5 Å². The smallest absolute Gasteiger partial charge is 0.0616 e. The highest BCUT2D eigenvalue weighted by molar-refractivity contribution is 5.00. The Kier molecular flexibility index (Phi) is 4.16. The van der Waals surface area contributed by atoms with Crippen molar-refractivity contribution in [2.45, 2.75) is 63.5 Å². The van der Waals surface area contributed by atoms with Crippen LogP contribution in [0.1, 0.15) is 51.9 Å². The average molecular weight is 266 g/mol. The standard InChI is InChI=1S/C16H30N2O/c1-2-17-16(12-19)8-3-4-14(16)7-9-18-11-13-5-6-15(18)10-13/h13-15,17,19H,2-12H2,1H3. The summed E-state index contributed by atoms with van der Waals surface area (Å²) < 4.78 is 0. The first kappa shape index (κ1) is 13.8. The summed E-state index contributed by atoms with van der Waals surface area (Å²) in [5, 5.41) is 13.4. The molecule has 3 fully saturated rings. The third-order valence-electron chi connectivity index (χ3n) is 6.06. The van der Waals surface area contributed by atoms with Crippen LogP contribution in [0.3, 0.4) is 0 Å². The SMILES string of the molecule is CCNC1(CO)CCCC1CCN1CC2CCC1C2. The summed E-state index contributed by atoms with van der Waals surface area (Å²) in [7, 11) is 0. The lowest BCUT2D eigenvalue weighted by Gasteiger charge is -2.36. The number of likely N-dealkylation sites (N-methyl/N-ethyl adjacent to an activating group) is 1. The van der Waals surface area contributed by atoms with Gasteiger partial charge in [0.2, 0.25) is 0 Å². The molecule has 2 N–H and O–H groups in total. The number of hydrogen-bond donors (Lipinski definition) is 2. The van der Waals surface area contributed by atoms with Gasteiger partial charge >= 0.3 is 0 Å². The van der Waals surface area contributed by atoms with Crippen molar-refractivity contribution in [2.24, 2.45) is 11.8 Å². The zero-order valence-corrected chi connectivity index (χ0v) is 12.4. The molecule has 0 aromatic heterocycles. The maximum Gasteiger partial charge on any atom is 0.0616 e. The Hall–Kier alpha value is -0.120. The number of hydrogen-bond acceptors (Lipinski definition) is 3. The molecule has 2 aliphatic carbocycles. The molecule has 3 heteroatoms. The van der Waals surface area contributed by atoms with Crippen molar-refractivity contribution in [1.82, 2.24) is 10.2 Å². The molecule has 4 unspecified atom stereocenters. The van der Waals surface area contributed by atoms with Gasteiger partial charge in [0.1, 0.15) is 0 Å². The van der Waals surface area contributed by atoms with E-state index in [1.165, 1.54) is 51.6 Å². The van der Waals surface area contributed by atoms with E-state index in [0.29, 0.717) is 12.5 Å². The quantitative estimate of drug-likeness (QED) is 0.772. The molecular weight excluding hydrogens is 236 g/mol. The summed E-state index contributed by atoms with van der Waals surface area (Å²) >= 11 is 0. The van der Waals surface area contributed by atoms with Gasteiger partial charge in [0, 0.05) is 18.1 Å². The summed E-state index contributed by atoms with van der Waals surface area (Å²) in [5.74, 6) is 1.68. The van der Waals surface area contributed by atoms with E-state index >= 15 is 0 Å². The van der Waals surface area contributed by atoms with Gasteiger partial charge in [-0.05, 0) is 63.5 Å². The van der Waals surface area contributed by atoms with Gasteiger partial charge in [-0.25, -0.2) is 0 Å². The minimum atomic E-state index is 0.0352. The lowest BCUT2D eigenvalue weighted by atomic mass is 9.85. The maximum atomic E-state index is 9.84. The molecule has 0 aromatic rings. The average Bonchev–Trinajstić information content (AvgIpc) is 3.11. The molecule has 2 saturated carbocycles. The number of nitrogens with one attached hydrogen (secondary N) is 1. The van der Waals surface area contributed by atoms with Crippen molar-refractivity contribution in [3.63, 3.8) is 0 Å². The Morgan fingerprint density at radius 3 is 2.84 bits per heavy atom. The highest BCUT2D eigenvalue weighted by Gasteiger charge is 2.43. The summed E-state index contributed by atoms with van der Waals surface area (Å²) in [4.78, 5) is 2.74. The third kappa shape index (κ3) is 2.57. The fourth-order valence-electron chi connectivity index (χ4n) is 5.04. The highest BCUT2D eigenvalue weighted by atomic mass is 16.3. The highest BCUT2D eigenvalue weighted by Crippen LogP contribution is 2.40. The Morgan fingerprint density at radius 1 is 1.32 bits per heavy atom. The molecule has 3 rings (SSSR count). The number of aliphatic hydroxyl groups excluding tert-OH is 1. The molecule has 1 heterocycles. The zero-order valence-electron chi connectivity index (χ0n) is 12.4. The Balaban J connectivity index is 1.54. The van der Waals surface area contributed by atoms with E-state index in [1.54, 1.807) is 0 Å². The fraction of sp³-hybridized carbons (Fsp3) is 1.00. The van der Waals surface area contributed by atoms with Gasteiger partial charge in [0.25, 0.3) is 0 Å². The van der Waals surface area contributed by atoms with Gasteiger partial charge in [0.15, 0.2) is 0 Å². The second-order valence-corrected chi connectivity index (χ2v) is 7.05. The van der Waals surface area contributed by atoms with Crippen molar-refractivity contribution in [3.8, 4) is 0 Å². The molecule has 3 aliphatic rings. The molecule has 0 radical (unpaired) electrons. The Bertz CT molecular complexity index is 309. The Labute approximate surface area is 117 Å². The van der Waals surface area contributed by atoms with Crippen LogP contribution in [0, 0.1) is 11.8 Å². The summed E-state index contributed by atoms with van der Waals surface area (Å²) in [6, 6.07) is 0.897. The van der Waals surface area contributed by atoms with E-state index in [9.17, 15) is 5.11 Å². The Morgan fingerprint density at radius 2 is 2.21 bits per heavy atom. The number of likely N-dealkylation sites (tertiary alicyclic amines) is 1. The first-order valence-electron chi connectivity index (χ1n) is 8.37. The lowest BCUT2D eigenvalue weighted by molar-refractivity contribution is 0.108. The van der Waals surface area contributed by atoms with Crippen molar-refractivity contribution >= 4 is 0 Å². The molecule has 1 aliphatic heterocycles. The van der Waals surface area contributed by atoms with Gasteiger partial charge in [0.05, 0.1) is 6.61 Å². The molecule has 110 valence electrons. The number of nitrogens with zero attached hydrogens (tertiary/aromatic N) is 1. The fourth-order valence-corrected chi connectivity index (χ4v) is 5.04. The van der Waals surface area contributed by atoms with Gasteiger partial charge < -0.3 is 15.3 Å². The van der Waals surface area contributed by atoms with Crippen LogP contribution in [0.15, 0.2) is 0 Å². The third-order valence-corrected chi connectivity index (χ3v) is 6.06. The van der Waals surface area contributed by atoms with E-state index in [1.807, 2.05) is 0 Å². The predicted octanol–water partition coefficient (Wildman–Crippen LogP) is 2.00. The van der Waals surface area contributed by atoms with E-state index in [4.69, 9.17) is 0 Å². The lowest BCUT2D eigenvalue weighted by Crippen LogP contribution is -2.52. The van der Waals surface area contributed by atoms with Crippen molar-refractivity contribution < 1.29 is 5.11 Å². The predicted molar refractivity (Wildman–Crippen MR) is 78.2 cm³/mol. The van der Waals surface area contributed by atoms with Crippen molar-refractivity contribution in [3.05, 3.63) is 0 Å². The van der Waals surface area contributed by atoms with Crippen LogP contribution in [0.5, 0.6) is 0 Å². The number of rotatable bonds is 6. The summed E-state index contributed by atoms with van der Waals surface area (Å²) in [6.45, 7) is 6.07. The normalized spacial score (nSPS) is 42.3. The first-order valence-corrected chi connectivity index (χ1v) is 8.37. The maximum absolute atomic E-state index is 9.84. The molecule has 0 amide bonds. The molecule has 0 spiro atoms. The van der Waals surface area contributed by atoms with Crippen molar-refractivity contribution in [1.29, 1.82) is 0 Å². The summed E-state index contributed by atoms with van der Waals surface area (Å²) in [6.07, 6.45) is 9.39. The number of aliphatic hydroxyl groups is 1. The van der Waals surface area contributed by atoms with Crippen LogP contribution in [0.4, 0.5) is 0 Å². The number of fused-ring (bicyclic) bond motifs is 2. The van der Waals surface area contributed by atoms with Crippen LogP contribution >= 0.6 is 0 Å². The van der Waals surface area contributed by atoms with Crippen LogP contribution in [0.25, 0.3) is 0 Å². The molecule has 3 nitrogen and oxygen atoms in total. The van der Waals surface area contributed by atoms with Crippen LogP contribution < -0.4 is 5.32 Å². The molecule has 19 heavy (non-hydrogen) atoms. The van der Waals surface area contributed by atoms with Crippen molar-refractivity contribution in [2.75, 3.05) is 26.2 Å². The van der Waals surface area contributed by atoms with E-state index in [-0.39, 0.29) is 5.54 Å². The van der Waals surface area contributed by atoms with E-state index in [0.717, 1.165) is 24.9 Å². The second-order valence-electron chi connectivity index (χ2n) is 7.05. The zero-order chi connectivity index (χ0) is 13.3. The van der Waals surface area contributed by atoms with Gasteiger partial charge in [-0.2, -0.15) is 0 Å². The van der Waals surface area contributed by atoms with Gasteiger partial charge in [-0.15, -0.1) is 0 Å². The monoisotopic (exact) mass is 266 g/mol. The minimum Gasteiger partial charge on any atom is -0.394 e.